The minimum Gasteiger partial charge on any atom is -0.508 e. The fourth-order valence-electron chi connectivity index (χ4n) is 2.37. The highest BCUT2D eigenvalue weighted by molar-refractivity contribution is 6.05. The average Bonchev–Trinajstić information content (AvgIpc) is 2.86. The number of fused-ring (bicyclic) bond motifs is 1. The van der Waals surface area contributed by atoms with Crippen LogP contribution in [-0.4, -0.2) is 31.3 Å². The van der Waals surface area contributed by atoms with Crippen molar-refractivity contribution in [1.82, 2.24) is 0 Å². The van der Waals surface area contributed by atoms with Gasteiger partial charge in [-0.2, -0.15) is 0 Å². The number of carbonyl (C=O) groups excluding carboxylic acids is 2. The Morgan fingerprint density at radius 2 is 1.72 bits per heavy atom. The van der Waals surface area contributed by atoms with Gasteiger partial charge in [0.2, 0.25) is 0 Å². The van der Waals surface area contributed by atoms with Crippen molar-refractivity contribution in [2.45, 2.75) is 19.3 Å². The summed E-state index contributed by atoms with van der Waals surface area (Å²) < 4.78 is 9.34. The number of aromatic hydroxyl groups is 1. The molecule has 5 nitrogen and oxygen atoms in total. The molecule has 0 spiro atoms. The molecule has 0 saturated carbocycles. The van der Waals surface area contributed by atoms with E-state index in [4.69, 9.17) is 4.74 Å². The SMILES string of the molecule is COC(=O)c1cc(O)c2c(c1C(=O)OC)CCC2. The van der Waals surface area contributed by atoms with Crippen molar-refractivity contribution in [2.75, 3.05) is 14.2 Å². The van der Waals surface area contributed by atoms with Crippen LogP contribution in [0.5, 0.6) is 5.75 Å². The number of rotatable bonds is 2. The molecule has 0 bridgehead atoms. The Labute approximate surface area is 104 Å². The zero-order chi connectivity index (χ0) is 13.3. The van der Waals surface area contributed by atoms with Crippen LogP contribution in [0, 0.1) is 0 Å². The van der Waals surface area contributed by atoms with Gasteiger partial charge >= 0.3 is 11.9 Å². The number of phenolic OH excluding ortho intramolecular Hbond substituents is 1. The first-order valence-corrected chi connectivity index (χ1v) is 5.64. The fraction of sp³-hybridized carbons (Fsp3) is 0.385. The Balaban J connectivity index is 2.69. The number of ether oxygens (including phenoxy) is 2. The van der Waals surface area contributed by atoms with Gasteiger partial charge in [0.25, 0.3) is 0 Å². The molecule has 0 fully saturated rings. The molecule has 1 aromatic rings. The summed E-state index contributed by atoms with van der Waals surface area (Å²) in [6.07, 6.45) is 2.20. The zero-order valence-corrected chi connectivity index (χ0v) is 10.3. The lowest BCUT2D eigenvalue weighted by atomic mass is 9.96. The molecule has 0 amide bonds. The first kappa shape index (κ1) is 12.4. The number of benzene rings is 1. The van der Waals surface area contributed by atoms with Crippen LogP contribution < -0.4 is 0 Å². The largest absolute Gasteiger partial charge is 0.508 e. The third-order valence-corrected chi connectivity index (χ3v) is 3.17. The van der Waals surface area contributed by atoms with Crippen LogP contribution in [-0.2, 0) is 22.3 Å². The summed E-state index contributed by atoms with van der Waals surface area (Å²) >= 11 is 0. The second-order valence-corrected chi connectivity index (χ2v) is 4.11. The number of hydrogen-bond acceptors (Lipinski definition) is 5. The van der Waals surface area contributed by atoms with Crippen LogP contribution in [0.25, 0.3) is 0 Å². The Bertz CT molecular complexity index is 519. The highest BCUT2D eigenvalue weighted by Crippen LogP contribution is 2.35. The van der Waals surface area contributed by atoms with E-state index in [1.54, 1.807) is 0 Å². The molecule has 2 rings (SSSR count). The van der Waals surface area contributed by atoms with Crippen molar-refractivity contribution < 1.29 is 24.2 Å². The highest BCUT2D eigenvalue weighted by Gasteiger charge is 2.29. The van der Waals surface area contributed by atoms with Crippen molar-refractivity contribution in [3.8, 4) is 5.75 Å². The molecule has 1 aliphatic carbocycles. The van der Waals surface area contributed by atoms with Crippen molar-refractivity contribution >= 4 is 11.9 Å². The number of esters is 2. The lowest BCUT2D eigenvalue weighted by molar-refractivity contribution is 0.0554. The van der Waals surface area contributed by atoms with Crippen molar-refractivity contribution in [3.05, 3.63) is 28.3 Å². The lowest BCUT2D eigenvalue weighted by Crippen LogP contribution is -2.15. The van der Waals surface area contributed by atoms with E-state index in [9.17, 15) is 14.7 Å². The van der Waals surface area contributed by atoms with Gasteiger partial charge in [-0.1, -0.05) is 0 Å². The molecular weight excluding hydrogens is 236 g/mol. The lowest BCUT2D eigenvalue weighted by Gasteiger charge is -2.12. The molecule has 0 saturated heterocycles. The summed E-state index contributed by atoms with van der Waals surface area (Å²) in [7, 11) is 2.49. The molecule has 0 aromatic heterocycles. The van der Waals surface area contributed by atoms with E-state index in [0.717, 1.165) is 12.0 Å². The van der Waals surface area contributed by atoms with Gasteiger partial charge in [-0.15, -0.1) is 0 Å². The molecule has 0 atom stereocenters. The molecule has 1 N–H and O–H groups in total. The maximum atomic E-state index is 11.8. The number of phenols is 1. The Morgan fingerprint density at radius 3 is 2.33 bits per heavy atom. The van der Waals surface area contributed by atoms with E-state index in [1.807, 2.05) is 0 Å². The summed E-state index contributed by atoms with van der Waals surface area (Å²) in [6.45, 7) is 0. The molecule has 1 aliphatic rings. The van der Waals surface area contributed by atoms with Gasteiger partial charge < -0.3 is 14.6 Å². The minimum atomic E-state index is -0.652. The molecule has 5 heteroatoms. The van der Waals surface area contributed by atoms with Gasteiger partial charge in [-0.05, 0) is 36.5 Å². The number of methoxy groups -OCH3 is 2. The van der Waals surface area contributed by atoms with Crippen LogP contribution in [0.3, 0.4) is 0 Å². The molecule has 0 aliphatic heterocycles. The monoisotopic (exact) mass is 250 g/mol. The normalized spacial score (nSPS) is 13.0. The van der Waals surface area contributed by atoms with E-state index in [1.165, 1.54) is 20.3 Å². The summed E-state index contributed by atoms with van der Waals surface area (Å²) in [4.78, 5) is 23.5. The predicted molar refractivity (Wildman–Crippen MR) is 62.8 cm³/mol. The Hall–Kier alpha value is -2.04. The van der Waals surface area contributed by atoms with Crippen molar-refractivity contribution in [1.29, 1.82) is 0 Å². The van der Waals surface area contributed by atoms with Crippen LogP contribution >= 0.6 is 0 Å². The summed E-state index contributed by atoms with van der Waals surface area (Å²) in [5.74, 6) is -1.19. The zero-order valence-electron chi connectivity index (χ0n) is 10.3. The van der Waals surface area contributed by atoms with Gasteiger partial charge in [0.15, 0.2) is 0 Å². The van der Waals surface area contributed by atoms with Gasteiger partial charge in [-0.3, -0.25) is 0 Å². The van der Waals surface area contributed by atoms with Crippen LogP contribution in [0.1, 0.15) is 38.3 Å². The molecule has 1 aromatic carbocycles. The van der Waals surface area contributed by atoms with E-state index in [0.29, 0.717) is 18.4 Å². The summed E-state index contributed by atoms with van der Waals surface area (Å²) in [5.41, 5.74) is 1.70. The number of carbonyl (C=O) groups is 2. The maximum absolute atomic E-state index is 11.8. The smallest absolute Gasteiger partial charge is 0.339 e. The first-order chi connectivity index (χ1) is 8.60. The van der Waals surface area contributed by atoms with Gasteiger partial charge in [0.1, 0.15) is 5.75 Å². The second kappa shape index (κ2) is 4.68. The first-order valence-electron chi connectivity index (χ1n) is 5.64. The van der Waals surface area contributed by atoms with Gasteiger partial charge in [-0.25, -0.2) is 9.59 Å². The van der Waals surface area contributed by atoms with E-state index < -0.39 is 11.9 Å². The molecule has 0 radical (unpaired) electrons. The van der Waals surface area contributed by atoms with E-state index >= 15 is 0 Å². The van der Waals surface area contributed by atoms with Crippen LogP contribution in [0.15, 0.2) is 6.07 Å². The van der Waals surface area contributed by atoms with Crippen molar-refractivity contribution in [2.24, 2.45) is 0 Å². The fourth-order valence-corrected chi connectivity index (χ4v) is 2.37. The average molecular weight is 250 g/mol. The Morgan fingerprint density at radius 1 is 1.11 bits per heavy atom. The van der Waals surface area contributed by atoms with Crippen LogP contribution in [0.2, 0.25) is 0 Å². The second-order valence-electron chi connectivity index (χ2n) is 4.11. The predicted octanol–water partition coefficient (Wildman–Crippen LogP) is 1.45. The third-order valence-electron chi connectivity index (χ3n) is 3.17. The van der Waals surface area contributed by atoms with Crippen LogP contribution in [0.4, 0.5) is 0 Å². The standard InChI is InChI=1S/C13H14O5/c1-17-12(15)9-6-10(14)7-4-3-5-8(7)11(9)13(16)18-2/h6,14H,3-5H2,1-2H3. The van der Waals surface area contributed by atoms with Gasteiger partial charge in [0, 0.05) is 0 Å². The molecule has 0 heterocycles. The summed E-state index contributed by atoms with van der Waals surface area (Å²) in [5, 5.41) is 9.88. The van der Waals surface area contributed by atoms with E-state index in [-0.39, 0.29) is 16.9 Å². The number of hydrogen-bond donors (Lipinski definition) is 1. The van der Waals surface area contributed by atoms with E-state index in [2.05, 4.69) is 4.74 Å². The Kier molecular flexibility index (Phi) is 3.23. The minimum absolute atomic E-state index is 0.0375. The molecular formula is C13H14O5. The van der Waals surface area contributed by atoms with Gasteiger partial charge in [0.05, 0.1) is 25.3 Å². The maximum Gasteiger partial charge on any atom is 0.339 e. The molecule has 96 valence electrons. The molecule has 18 heavy (non-hydrogen) atoms. The third kappa shape index (κ3) is 1.81. The topological polar surface area (TPSA) is 72.8 Å². The summed E-state index contributed by atoms with van der Waals surface area (Å²) in [6, 6.07) is 1.28. The molecule has 0 unspecified atom stereocenters. The highest BCUT2D eigenvalue weighted by atomic mass is 16.5. The quantitative estimate of drug-likeness (QED) is 0.804. The van der Waals surface area contributed by atoms with Crippen molar-refractivity contribution in [3.63, 3.8) is 0 Å².